The summed E-state index contributed by atoms with van der Waals surface area (Å²) in [5.74, 6) is 0.570. The Morgan fingerprint density at radius 2 is 2.09 bits per heavy atom. The second-order valence-corrected chi connectivity index (χ2v) is 6.16. The molecule has 23 heavy (non-hydrogen) atoms. The quantitative estimate of drug-likeness (QED) is 0.781. The summed E-state index contributed by atoms with van der Waals surface area (Å²) in [6, 6.07) is 1.80. The number of nitrogens with zero attached hydrogens (tertiary/aromatic N) is 5. The van der Waals surface area contributed by atoms with Gasteiger partial charge < -0.3 is 14.8 Å². The second kappa shape index (κ2) is 5.92. The van der Waals surface area contributed by atoms with Crippen LogP contribution in [0.3, 0.4) is 0 Å². The van der Waals surface area contributed by atoms with E-state index in [-0.39, 0.29) is 11.4 Å². The Hall–Kier alpha value is -2.55. The average Bonchev–Trinajstić information content (AvgIpc) is 2.96. The van der Waals surface area contributed by atoms with Crippen molar-refractivity contribution in [2.75, 3.05) is 30.9 Å². The molecule has 0 aliphatic carbocycles. The van der Waals surface area contributed by atoms with E-state index in [1.165, 1.54) is 11.3 Å². The molecular formula is C14H15FN6OS. The minimum atomic E-state index is -0.488. The zero-order valence-corrected chi connectivity index (χ0v) is 13.7. The molecule has 3 heterocycles. The average molecular weight is 334 g/mol. The smallest absolute Gasteiger partial charge is 0.268 e. The highest BCUT2D eigenvalue weighted by atomic mass is 32.1. The molecule has 120 valence electrons. The van der Waals surface area contributed by atoms with Gasteiger partial charge in [0.05, 0.1) is 18.3 Å². The third-order valence-corrected chi connectivity index (χ3v) is 4.13. The summed E-state index contributed by atoms with van der Waals surface area (Å²) in [4.78, 5) is 30.6. The highest BCUT2D eigenvalue weighted by molar-refractivity contribution is 7.17. The van der Waals surface area contributed by atoms with Crippen LogP contribution in [0.5, 0.6) is 0 Å². The van der Waals surface area contributed by atoms with E-state index in [0.29, 0.717) is 28.5 Å². The maximum Gasteiger partial charge on any atom is 0.268 e. The van der Waals surface area contributed by atoms with Gasteiger partial charge in [-0.1, -0.05) is 0 Å². The molecule has 0 unspecified atom stereocenters. The second-order valence-electron chi connectivity index (χ2n) is 5.24. The maximum atomic E-state index is 13.7. The molecule has 0 atom stereocenters. The lowest BCUT2D eigenvalue weighted by Crippen LogP contribution is -2.24. The lowest BCUT2D eigenvalue weighted by atomic mass is 10.4. The van der Waals surface area contributed by atoms with Crippen LogP contribution >= 0.6 is 11.3 Å². The Kier molecular flexibility index (Phi) is 3.95. The first-order valence-corrected chi connectivity index (χ1v) is 7.71. The Morgan fingerprint density at radius 3 is 2.83 bits per heavy atom. The van der Waals surface area contributed by atoms with Crippen LogP contribution in [0.1, 0.15) is 5.82 Å². The normalized spacial score (nSPS) is 11.0. The van der Waals surface area contributed by atoms with Crippen LogP contribution in [-0.2, 0) is 6.54 Å². The third kappa shape index (κ3) is 3.00. The molecule has 1 N–H and O–H groups in total. The molecule has 9 heteroatoms. The number of anilines is 2. The number of H-pyrrole nitrogens is 1. The Labute approximate surface area is 135 Å². The van der Waals surface area contributed by atoms with Crippen LogP contribution in [0.15, 0.2) is 22.4 Å². The van der Waals surface area contributed by atoms with E-state index >= 15 is 0 Å². The fourth-order valence-electron chi connectivity index (χ4n) is 2.14. The summed E-state index contributed by atoms with van der Waals surface area (Å²) in [7, 11) is 5.17. The van der Waals surface area contributed by atoms with Gasteiger partial charge in [0, 0.05) is 21.1 Å². The number of hydrogen-bond acceptors (Lipinski definition) is 7. The molecule has 3 aromatic heterocycles. The lowest BCUT2D eigenvalue weighted by molar-refractivity contribution is 0.610. The number of rotatable bonds is 4. The molecule has 3 aromatic rings. The van der Waals surface area contributed by atoms with Gasteiger partial charge in [-0.05, 0) is 11.4 Å². The molecule has 0 radical (unpaired) electrons. The molecule has 0 amide bonds. The third-order valence-electron chi connectivity index (χ3n) is 3.23. The lowest BCUT2D eigenvalue weighted by Gasteiger charge is -2.19. The molecule has 0 fully saturated rings. The summed E-state index contributed by atoms with van der Waals surface area (Å²) >= 11 is 1.35. The summed E-state index contributed by atoms with van der Waals surface area (Å²) in [6.07, 6.45) is 1.13. The van der Waals surface area contributed by atoms with Crippen molar-refractivity contribution in [1.82, 2.24) is 19.9 Å². The van der Waals surface area contributed by atoms with E-state index in [1.54, 1.807) is 37.0 Å². The number of thiophene rings is 1. The van der Waals surface area contributed by atoms with Gasteiger partial charge >= 0.3 is 0 Å². The zero-order valence-electron chi connectivity index (χ0n) is 12.9. The SMILES string of the molecule is CN(C)c1nc(N(C)Cc2nc3ccsc3c(=O)[nH]2)ncc1F. The first-order valence-electron chi connectivity index (χ1n) is 6.83. The Bertz CT molecular complexity index is 906. The minimum absolute atomic E-state index is 0.164. The predicted molar refractivity (Wildman–Crippen MR) is 88.7 cm³/mol. The molecule has 0 aliphatic rings. The van der Waals surface area contributed by atoms with Gasteiger partial charge in [0.1, 0.15) is 10.5 Å². The standard InChI is InChI=1S/C14H15FN6OS/c1-20(2)12-8(15)6-16-14(19-12)21(3)7-10-17-9-4-5-23-11(9)13(22)18-10/h4-6H,7H2,1-3H3,(H,17,18,22). The van der Waals surface area contributed by atoms with E-state index in [1.807, 2.05) is 5.38 Å². The zero-order chi connectivity index (χ0) is 16.6. The van der Waals surface area contributed by atoms with E-state index in [4.69, 9.17) is 0 Å². The van der Waals surface area contributed by atoms with E-state index in [2.05, 4.69) is 19.9 Å². The van der Waals surface area contributed by atoms with Crippen molar-refractivity contribution in [2.45, 2.75) is 6.54 Å². The van der Waals surface area contributed by atoms with Crippen molar-refractivity contribution in [3.63, 3.8) is 0 Å². The summed E-state index contributed by atoms with van der Waals surface area (Å²) in [6.45, 7) is 0.305. The Morgan fingerprint density at radius 1 is 1.30 bits per heavy atom. The van der Waals surface area contributed by atoms with Crippen molar-refractivity contribution < 1.29 is 4.39 Å². The summed E-state index contributed by atoms with van der Waals surface area (Å²) < 4.78 is 14.3. The highest BCUT2D eigenvalue weighted by Gasteiger charge is 2.13. The van der Waals surface area contributed by atoms with Crippen molar-refractivity contribution in [1.29, 1.82) is 0 Å². The van der Waals surface area contributed by atoms with Crippen LogP contribution in [-0.4, -0.2) is 41.1 Å². The van der Waals surface area contributed by atoms with Crippen molar-refractivity contribution in [2.24, 2.45) is 0 Å². The van der Waals surface area contributed by atoms with Gasteiger partial charge in [-0.2, -0.15) is 4.98 Å². The number of nitrogens with one attached hydrogen (secondary N) is 1. The molecular weight excluding hydrogens is 319 g/mol. The largest absolute Gasteiger partial charge is 0.360 e. The first-order chi connectivity index (χ1) is 11.0. The van der Waals surface area contributed by atoms with Gasteiger partial charge in [0.2, 0.25) is 5.95 Å². The van der Waals surface area contributed by atoms with Crippen molar-refractivity contribution in [3.05, 3.63) is 39.6 Å². The van der Waals surface area contributed by atoms with Crippen LogP contribution < -0.4 is 15.4 Å². The van der Waals surface area contributed by atoms with E-state index in [0.717, 1.165) is 6.20 Å². The van der Waals surface area contributed by atoms with Crippen LogP contribution in [0.2, 0.25) is 0 Å². The number of aromatic amines is 1. The van der Waals surface area contributed by atoms with Crippen molar-refractivity contribution >= 4 is 33.3 Å². The molecule has 0 aliphatic heterocycles. The Balaban J connectivity index is 1.89. The minimum Gasteiger partial charge on any atom is -0.360 e. The summed E-state index contributed by atoms with van der Waals surface area (Å²) in [5, 5.41) is 1.83. The van der Waals surface area contributed by atoms with Gasteiger partial charge in [-0.25, -0.2) is 14.4 Å². The molecule has 7 nitrogen and oxygen atoms in total. The van der Waals surface area contributed by atoms with Gasteiger partial charge in [0.15, 0.2) is 11.6 Å². The molecule has 0 spiro atoms. The van der Waals surface area contributed by atoms with E-state index < -0.39 is 5.82 Å². The summed E-state index contributed by atoms with van der Waals surface area (Å²) in [5.41, 5.74) is 0.499. The van der Waals surface area contributed by atoms with Crippen LogP contribution in [0.4, 0.5) is 16.2 Å². The molecule has 0 aromatic carbocycles. The molecule has 0 saturated carbocycles. The fraction of sp³-hybridized carbons (Fsp3) is 0.286. The first kappa shape index (κ1) is 15.3. The number of aromatic nitrogens is 4. The van der Waals surface area contributed by atoms with Crippen molar-refractivity contribution in [3.8, 4) is 0 Å². The van der Waals surface area contributed by atoms with Gasteiger partial charge in [0.25, 0.3) is 5.56 Å². The fourth-order valence-corrected chi connectivity index (χ4v) is 2.86. The van der Waals surface area contributed by atoms with Gasteiger partial charge in [-0.3, -0.25) is 4.79 Å². The molecule has 0 saturated heterocycles. The van der Waals surface area contributed by atoms with Crippen LogP contribution in [0, 0.1) is 5.82 Å². The highest BCUT2D eigenvalue weighted by Crippen LogP contribution is 2.18. The molecule has 3 rings (SSSR count). The molecule has 0 bridgehead atoms. The van der Waals surface area contributed by atoms with E-state index in [9.17, 15) is 9.18 Å². The van der Waals surface area contributed by atoms with Gasteiger partial charge in [-0.15, -0.1) is 11.3 Å². The number of fused-ring (bicyclic) bond motifs is 1. The maximum absolute atomic E-state index is 13.7. The van der Waals surface area contributed by atoms with Crippen LogP contribution in [0.25, 0.3) is 10.2 Å². The predicted octanol–water partition coefficient (Wildman–Crippen LogP) is 1.62. The topological polar surface area (TPSA) is 78.0 Å². The number of hydrogen-bond donors (Lipinski definition) is 1. The number of halogens is 1. The monoisotopic (exact) mass is 334 g/mol.